The van der Waals surface area contributed by atoms with E-state index in [4.69, 9.17) is 28.5 Å². The lowest BCUT2D eigenvalue weighted by atomic mass is 10.1. The minimum absolute atomic E-state index is 0.0440. The predicted molar refractivity (Wildman–Crippen MR) is 202 cm³/mol. The van der Waals surface area contributed by atoms with Gasteiger partial charge in [-0.3, -0.25) is 0 Å². The number of para-hydroxylation sites is 1. The third-order valence-corrected chi connectivity index (χ3v) is 22.0. The lowest BCUT2D eigenvalue weighted by molar-refractivity contribution is 0.106. The Morgan fingerprint density at radius 1 is 0.956 bits per heavy atom. The first-order valence-electron chi connectivity index (χ1n) is 16.5. The van der Waals surface area contributed by atoms with Gasteiger partial charge in [0.1, 0.15) is 11.1 Å². The second-order valence-corrected chi connectivity index (χ2v) is 28.2. The van der Waals surface area contributed by atoms with E-state index in [1.807, 2.05) is 13.0 Å². The van der Waals surface area contributed by atoms with Crippen molar-refractivity contribution in [2.75, 3.05) is 18.5 Å². The monoisotopic (exact) mass is 780 g/mol. The molecule has 1 N–H and O–H groups in total. The van der Waals surface area contributed by atoms with Crippen LogP contribution in [0, 0.1) is 18.8 Å². The number of ether oxygens (including phenoxy) is 1. The zero-order valence-corrected chi connectivity index (χ0v) is 34.1. The number of alkyl halides is 1. The van der Waals surface area contributed by atoms with Gasteiger partial charge in [0.25, 0.3) is 0 Å². The number of rotatable bonds is 11. The summed E-state index contributed by atoms with van der Waals surface area (Å²) < 4.78 is 22.4. The van der Waals surface area contributed by atoms with E-state index < -0.39 is 16.6 Å². The van der Waals surface area contributed by atoms with Crippen molar-refractivity contribution in [1.82, 2.24) is 15.0 Å². The number of halogens is 1. The summed E-state index contributed by atoms with van der Waals surface area (Å²) in [5.41, 5.74) is 2.75. The van der Waals surface area contributed by atoms with E-state index in [0.29, 0.717) is 24.4 Å². The van der Waals surface area contributed by atoms with Gasteiger partial charge in [-0.1, -0.05) is 76.3 Å². The number of fused-ring (bicyclic) bond motifs is 1. The molecule has 2 heterocycles. The first kappa shape index (κ1) is 35.2. The van der Waals surface area contributed by atoms with Gasteiger partial charge in [-0.25, -0.2) is 9.97 Å². The Morgan fingerprint density at radius 3 is 2.24 bits per heavy atom. The van der Waals surface area contributed by atoms with Gasteiger partial charge in [0.05, 0.1) is 31.5 Å². The minimum Gasteiger partial charge on any atom is -0.472 e. The first-order valence-corrected chi connectivity index (χ1v) is 24.3. The van der Waals surface area contributed by atoms with Crippen molar-refractivity contribution in [3.8, 4) is 16.5 Å². The Hall–Kier alpha value is -1.13. The van der Waals surface area contributed by atoms with Crippen LogP contribution in [-0.2, 0) is 8.85 Å². The van der Waals surface area contributed by atoms with Gasteiger partial charge in [0.15, 0.2) is 16.6 Å². The van der Waals surface area contributed by atoms with Gasteiger partial charge < -0.3 is 18.9 Å². The van der Waals surface area contributed by atoms with E-state index in [2.05, 4.69) is 114 Å². The molecule has 45 heavy (non-hydrogen) atoms. The Morgan fingerprint density at radius 2 is 1.62 bits per heavy atom. The second-order valence-electron chi connectivity index (χ2n) is 16.1. The molecule has 1 aromatic carbocycles. The second kappa shape index (κ2) is 13.1. The van der Waals surface area contributed by atoms with Gasteiger partial charge in [0.2, 0.25) is 11.8 Å². The highest BCUT2D eigenvalue weighted by Crippen LogP contribution is 2.46. The fourth-order valence-corrected chi connectivity index (χ4v) is 10.1. The maximum absolute atomic E-state index is 7.21. The largest absolute Gasteiger partial charge is 0.472 e. The fourth-order valence-electron chi connectivity index (χ4n) is 5.16. The van der Waals surface area contributed by atoms with Crippen LogP contribution in [0.5, 0.6) is 5.88 Å². The molecule has 2 aliphatic carbocycles. The molecular weight excluding hydrogens is 728 g/mol. The maximum Gasteiger partial charge on any atom is 0.229 e. The molecule has 7 nitrogen and oxygen atoms in total. The number of aromatic nitrogens is 3. The van der Waals surface area contributed by atoms with Crippen LogP contribution >= 0.6 is 33.9 Å². The van der Waals surface area contributed by atoms with Crippen molar-refractivity contribution >= 4 is 66.7 Å². The summed E-state index contributed by atoms with van der Waals surface area (Å²) in [5, 5.41) is 4.64. The van der Waals surface area contributed by atoms with Gasteiger partial charge in [-0.15, -0.1) is 11.3 Å². The standard InChI is InChI=1S/C34H53IN4O3SSi2/c1-21-27(31-38-24-14-12-13-15-26(24)43-31)30(39-32(37-21)36-19-22-16-17-22)41-25-18-23(20-40-44(8,9)33(2,3)4)29(28(25)35)42-45(10,11)34(5,6)7/h12-15,22-23,25,28-29H,16-20H2,1-11H3,(H,36,37,39)/t23-,25-,28?,29-/m1/s1. The van der Waals surface area contributed by atoms with E-state index in [0.717, 1.165) is 39.4 Å². The van der Waals surface area contributed by atoms with Crippen molar-refractivity contribution in [2.24, 2.45) is 11.8 Å². The third-order valence-electron chi connectivity index (χ3n) is 10.4. The van der Waals surface area contributed by atoms with Crippen LogP contribution in [0.4, 0.5) is 5.95 Å². The predicted octanol–water partition coefficient (Wildman–Crippen LogP) is 9.87. The number of nitrogens with zero attached hydrogens (tertiary/aromatic N) is 3. The Labute approximate surface area is 290 Å². The molecule has 4 atom stereocenters. The highest BCUT2D eigenvalue weighted by molar-refractivity contribution is 14.1. The summed E-state index contributed by atoms with van der Waals surface area (Å²) in [7, 11) is -3.99. The molecule has 0 bridgehead atoms. The topological polar surface area (TPSA) is 78.4 Å². The molecule has 5 rings (SSSR count). The van der Waals surface area contributed by atoms with Crippen LogP contribution in [0.2, 0.25) is 36.3 Å². The highest BCUT2D eigenvalue weighted by atomic mass is 127. The molecular formula is C34H53IN4O3SSi2. The number of thiazole rings is 1. The fraction of sp³-hybridized carbons (Fsp3) is 0.676. The van der Waals surface area contributed by atoms with Crippen LogP contribution in [0.15, 0.2) is 24.3 Å². The maximum atomic E-state index is 7.21. The van der Waals surface area contributed by atoms with Crippen molar-refractivity contribution < 1.29 is 13.6 Å². The van der Waals surface area contributed by atoms with Gasteiger partial charge in [0, 0.05) is 19.1 Å². The quantitative estimate of drug-likeness (QED) is 0.118. The Bertz CT molecular complexity index is 1470. The smallest absolute Gasteiger partial charge is 0.229 e. The van der Waals surface area contributed by atoms with Gasteiger partial charge in [-0.2, -0.15) is 4.98 Å². The summed E-state index contributed by atoms with van der Waals surface area (Å²) in [6.45, 7) is 26.9. The van der Waals surface area contributed by atoms with E-state index in [9.17, 15) is 0 Å². The molecule has 11 heteroatoms. The zero-order valence-electron chi connectivity index (χ0n) is 29.1. The molecule has 2 aromatic heterocycles. The first-order chi connectivity index (χ1) is 20.9. The third kappa shape index (κ3) is 7.96. The van der Waals surface area contributed by atoms with E-state index in [1.54, 1.807) is 11.3 Å². The zero-order chi connectivity index (χ0) is 32.9. The number of hydrogen-bond donors (Lipinski definition) is 1. The number of hydrogen-bond acceptors (Lipinski definition) is 8. The number of anilines is 1. The molecule has 3 aromatic rings. The number of benzene rings is 1. The molecule has 2 saturated carbocycles. The molecule has 2 fully saturated rings. The molecule has 0 saturated heterocycles. The molecule has 0 aliphatic heterocycles. The molecule has 1 unspecified atom stereocenters. The van der Waals surface area contributed by atoms with Crippen LogP contribution < -0.4 is 10.1 Å². The van der Waals surface area contributed by atoms with Crippen LogP contribution in [0.1, 0.15) is 66.5 Å². The molecule has 248 valence electrons. The summed E-state index contributed by atoms with van der Waals surface area (Å²) in [6, 6.07) is 8.27. The Kier molecular flexibility index (Phi) is 10.2. The average Bonchev–Trinajstić information content (AvgIpc) is 3.60. The van der Waals surface area contributed by atoms with Crippen molar-refractivity contribution in [3.05, 3.63) is 30.0 Å². The number of aryl methyl sites for hydroxylation is 1. The van der Waals surface area contributed by atoms with Crippen LogP contribution in [0.25, 0.3) is 20.8 Å². The lowest BCUT2D eigenvalue weighted by Gasteiger charge is -2.42. The summed E-state index contributed by atoms with van der Waals surface area (Å²) in [5.74, 6) is 2.20. The summed E-state index contributed by atoms with van der Waals surface area (Å²) in [4.78, 5) is 14.9. The molecule has 0 amide bonds. The van der Waals surface area contributed by atoms with E-state index in [-0.39, 0.29) is 32.1 Å². The molecule has 0 radical (unpaired) electrons. The van der Waals surface area contributed by atoms with Crippen molar-refractivity contribution in [2.45, 2.75) is 120 Å². The summed E-state index contributed by atoms with van der Waals surface area (Å²) in [6.07, 6.45) is 3.36. The van der Waals surface area contributed by atoms with Crippen LogP contribution in [-0.4, -0.2) is 60.9 Å². The minimum atomic E-state index is -2.05. The Balaban J connectivity index is 1.48. The van der Waals surface area contributed by atoms with Crippen molar-refractivity contribution in [1.29, 1.82) is 0 Å². The highest BCUT2D eigenvalue weighted by Gasteiger charge is 2.50. The SMILES string of the molecule is Cc1nc(NCC2CC2)nc(O[C@@H]2C[C@H](CO[Si](C)(C)C(C)(C)C)[C@@H](O[Si](C)(C)C(C)(C)C)C2I)c1-c1nc2ccccc2s1. The van der Waals surface area contributed by atoms with Crippen molar-refractivity contribution in [3.63, 3.8) is 0 Å². The molecule has 0 spiro atoms. The average molecular weight is 781 g/mol. The molecule has 2 aliphatic rings. The normalized spacial score (nSPS) is 23.1. The van der Waals surface area contributed by atoms with E-state index in [1.165, 1.54) is 12.8 Å². The lowest BCUT2D eigenvalue weighted by Crippen LogP contribution is -2.49. The van der Waals surface area contributed by atoms with Gasteiger partial charge >= 0.3 is 0 Å². The van der Waals surface area contributed by atoms with Crippen LogP contribution in [0.3, 0.4) is 0 Å². The number of nitrogens with one attached hydrogen (secondary N) is 1. The van der Waals surface area contributed by atoms with E-state index >= 15 is 0 Å². The summed E-state index contributed by atoms with van der Waals surface area (Å²) >= 11 is 4.26. The van der Waals surface area contributed by atoms with Gasteiger partial charge in [-0.05, 0) is 80.5 Å².